The van der Waals surface area contributed by atoms with Gasteiger partial charge in [-0.15, -0.1) is 0 Å². The first-order chi connectivity index (χ1) is 9.44. The molecule has 0 bridgehead atoms. The van der Waals surface area contributed by atoms with E-state index in [0.717, 1.165) is 5.56 Å². The van der Waals surface area contributed by atoms with Gasteiger partial charge in [-0.1, -0.05) is 23.7 Å². The van der Waals surface area contributed by atoms with Gasteiger partial charge >= 0.3 is 0 Å². The van der Waals surface area contributed by atoms with E-state index in [0.29, 0.717) is 5.69 Å². The smallest absolute Gasteiger partial charge is 0.278 e. The molecule has 0 spiro atoms. The summed E-state index contributed by atoms with van der Waals surface area (Å²) in [5, 5.41) is 12.3. The minimum Gasteiger partial charge on any atom is -0.278 e. The van der Waals surface area contributed by atoms with E-state index in [9.17, 15) is 8.42 Å². The average Bonchev–Trinajstić information content (AvgIpc) is 2.72. The van der Waals surface area contributed by atoms with Gasteiger partial charge in [-0.05, 0) is 17.7 Å². The number of nitrogens with one attached hydrogen (secondary N) is 1. The van der Waals surface area contributed by atoms with Gasteiger partial charge in [0.1, 0.15) is 0 Å². The van der Waals surface area contributed by atoms with Crippen molar-refractivity contribution >= 4 is 27.3 Å². The third-order valence-corrected chi connectivity index (χ3v) is 4.47. The first kappa shape index (κ1) is 14.4. The SMILES string of the molecule is Cn1ncc(Cl)c1S(=O)(=O)Nc1ccc(CC#N)cc1. The van der Waals surface area contributed by atoms with Crippen molar-refractivity contribution in [1.82, 2.24) is 9.78 Å². The van der Waals surface area contributed by atoms with Gasteiger partial charge in [0, 0.05) is 12.7 Å². The van der Waals surface area contributed by atoms with Crippen LogP contribution in [0.15, 0.2) is 35.5 Å². The number of aryl methyl sites for hydroxylation is 1. The number of anilines is 1. The molecular weight excluding hydrogens is 300 g/mol. The number of aromatic nitrogens is 2. The third kappa shape index (κ3) is 2.92. The lowest BCUT2D eigenvalue weighted by atomic mass is 10.1. The maximum absolute atomic E-state index is 12.2. The molecule has 8 heteroatoms. The quantitative estimate of drug-likeness (QED) is 0.934. The zero-order valence-corrected chi connectivity index (χ0v) is 12.1. The molecule has 20 heavy (non-hydrogen) atoms. The summed E-state index contributed by atoms with van der Waals surface area (Å²) >= 11 is 5.82. The lowest BCUT2D eigenvalue weighted by Crippen LogP contribution is -2.17. The zero-order valence-electron chi connectivity index (χ0n) is 10.5. The standard InChI is InChI=1S/C12H11ClN4O2S/c1-17-12(11(13)8-15-17)20(18,19)16-10-4-2-9(3-5-10)6-7-14/h2-5,8,16H,6H2,1H3. The summed E-state index contributed by atoms with van der Waals surface area (Å²) in [5.74, 6) is 0. The van der Waals surface area contributed by atoms with Crippen molar-refractivity contribution in [2.75, 3.05) is 4.72 Å². The molecule has 0 unspecified atom stereocenters. The molecule has 1 aromatic carbocycles. The highest BCUT2D eigenvalue weighted by Gasteiger charge is 2.22. The van der Waals surface area contributed by atoms with Crippen LogP contribution in [0.5, 0.6) is 0 Å². The maximum Gasteiger partial charge on any atom is 0.280 e. The van der Waals surface area contributed by atoms with Crippen molar-refractivity contribution in [2.45, 2.75) is 11.4 Å². The Morgan fingerprint density at radius 3 is 2.55 bits per heavy atom. The Hall–Kier alpha value is -2.04. The molecule has 0 aliphatic rings. The fraction of sp³-hybridized carbons (Fsp3) is 0.167. The minimum absolute atomic E-state index is 0.0566. The molecule has 0 saturated carbocycles. The Balaban J connectivity index is 2.27. The number of hydrogen-bond donors (Lipinski definition) is 1. The van der Waals surface area contributed by atoms with E-state index in [1.54, 1.807) is 24.3 Å². The van der Waals surface area contributed by atoms with Crippen LogP contribution in [0.25, 0.3) is 0 Å². The monoisotopic (exact) mass is 310 g/mol. The summed E-state index contributed by atoms with van der Waals surface area (Å²) in [6.45, 7) is 0. The van der Waals surface area contributed by atoms with E-state index in [1.165, 1.54) is 17.9 Å². The van der Waals surface area contributed by atoms with Crippen LogP contribution in [-0.4, -0.2) is 18.2 Å². The molecule has 2 rings (SSSR count). The predicted octanol–water partition coefficient (Wildman–Crippen LogP) is 1.94. The largest absolute Gasteiger partial charge is 0.280 e. The van der Waals surface area contributed by atoms with Gasteiger partial charge in [0.2, 0.25) is 0 Å². The topological polar surface area (TPSA) is 87.8 Å². The molecule has 104 valence electrons. The van der Waals surface area contributed by atoms with Gasteiger partial charge < -0.3 is 0 Å². The van der Waals surface area contributed by atoms with E-state index in [2.05, 4.69) is 9.82 Å². The molecule has 0 atom stereocenters. The lowest BCUT2D eigenvalue weighted by Gasteiger charge is -2.09. The van der Waals surface area contributed by atoms with Gasteiger partial charge in [-0.25, -0.2) is 0 Å². The fourth-order valence-corrected chi connectivity index (χ4v) is 3.41. The zero-order chi connectivity index (χ0) is 14.8. The van der Waals surface area contributed by atoms with Crippen LogP contribution in [0.4, 0.5) is 5.69 Å². The van der Waals surface area contributed by atoms with Crippen LogP contribution in [0, 0.1) is 11.3 Å². The van der Waals surface area contributed by atoms with Gasteiger partial charge in [-0.2, -0.15) is 18.8 Å². The summed E-state index contributed by atoms with van der Waals surface area (Å²) in [6.07, 6.45) is 1.55. The van der Waals surface area contributed by atoms with Gasteiger partial charge in [0.25, 0.3) is 10.0 Å². The van der Waals surface area contributed by atoms with E-state index >= 15 is 0 Å². The summed E-state index contributed by atoms with van der Waals surface area (Å²) in [5.41, 5.74) is 1.21. The second kappa shape index (κ2) is 5.53. The number of hydrogen-bond acceptors (Lipinski definition) is 4. The number of halogens is 1. The first-order valence-electron chi connectivity index (χ1n) is 5.60. The number of nitriles is 1. The highest BCUT2D eigenvalue weighted by atomic mass is 35.5. The molecule has 1 N–H and O–H groups in total. The molecule has 1 heterocycles. The summed E-state index contributed by atoms with van der Waals surface area (Å²) in [7, 11) is -2.31. The molecule has 0 aliphatic carbocycles. The van der Waals surface area contributed by atoms with Crippen LogP contribution in [-0.2, 0) is 23.5 Å². The van der Waals surface area contributed by atoms with E-state index in [-0.39, 0.29) is 16.5 Å². The highest BCUT2D eigenvalue weighted by molar-refractivity contribution is 7.92. The van der Waals surface area contributed by atoms with Gasteiger partial charge in [0.15, 0.2) is 5.03 Å². The third-order valence-electron chi connectivity index (χ3n) is 2.59. The number of nitrogens with zero attached hydrogens (tertiary/aromatic N) is 3. The maximum atomic E-state index is 12.2. The molecule has 0 aliphatic heterocycles. The van der Waals surface area contributed by atoms with Crippen molar-refractivity contribution < 1.29 is 8.42 Å². The average molecular weight is 311 g/mol. The van der Waals surface area contributed by atoms with Crippen molar-refractivity contribution in [1.29, 1.82) is 5.26 Å². The Bertz CT molecular complexity index is 740. The molecule has 1 aromatic heterocycles. The molecule has 6 nitrogen and oxygen atoms in total. The van der Waals surface area contributed by atoms with E-state index in [4.69, 9.17) is 16.9 Å². The van der Waals surface area contributed by atoms with Crippen LogP contribution >= 0.6 is 11.6 Å². The molecule has 2 aromatic rings. The number of rotatable bonds is 4. The normalized spacial score (nSPS) is 11.1. The Kier molecular flexibility index (Phi) is 3.97. The molecular formula is C12H11ClN4O2S. The summed E-state index contributed by atoms with van der Waals surface area (Å²) in [4.78, 5) is 0. The Morgan fingerprint density at radius 1 is 1.40 bits per heavy atom. The van der Waals surface area contributed by atoms with Crippen molar-refractivity contribution in [3.05, 3.63) is 41.0 Å². The van der Waals surface area contributed by atoms with Gasteiger partial charge in [0.05, 0.1) is 23.7 Å². The van der Waals surface area contributed by atoms with Gasteiger partial charge in [-0.3, -0.25) is 9.40 Å². The van der Waals surface area contributed by atoms with Crippen molar-refractivity contribution in [3.8, 4) is 6.07 Å². The van der Waals surface area contributed by atoms with Crippen molar-refractivity contribution in [2.24, 2.45) is 7.05 Å². The molecule has 0 fully saturated rings. The molecule has 0 amide bonds. The number of benzene rings is 1. The second-order valence-corrected chi connectivity index (χ2v) is 6.06. The van der Waals surface area contributed by atoms with E-state index < -0.39 is 10.0 Å². The Morgan fingerprint density at radius 2 is 2.05 bits per heavy atom. The van der Waals surface area contributed by atoms with Crippen LogP contribution in [0.1, 0.15) is 5.56 Å². The van der Waals surface area contributed by atoms with E-state index in [1.807, 2.05) is 6.07 Å². The Labute approximate surface area is 121 Å². The summed E-state index contributed by atoms with van der Waals surface area (Å²) < 4.78 is 28.0. The summed E-state index contributed by atoms with van der Waals surface area (Å²) in [6, 6.07) is 8.58. The predicted molar refractivity (Wildman–Crippen MR) is 74.8 cm³/mol. The van der Waals surface area contributed by atoms with Crippen LogP contribution < -0.4 is 4.72 Å². The lowest BCUT2D eigenvalue weighted by molar-refractivity contribution is 0.582. The second-order valence-electron chi connectivity index (χ2n) is 4.06. The van der Waals surface area contributed by atoms with Crippen molar-refractivity contribution in [3.63, 3.8) is 0 Å². The van der Waals surface area contributed by atoms with Crippen LogP contribution in [0.3, 0.4) is 0 Å². The molecule has 0 radical (unpaired) electrons. The van der Waals surface area contributed by atoms with Crippen LogP contribution in [0.2, 0.25) is 5.02 Å². The highest BCUT2D eigenvalue weighted by Crippen LogP contribution is 2.22. The number of sulfonamides is 1. The molecule has 0 saturated heterocycles. The first-order valence-corrected chi connectivity index (χ1v) is 7.46. The minimum atomic E-state index is -3.80. The fourth-order valence-electron chi connectivity index (χ4n) is 1.69.